The normalized spacial score (nSPS) is 15.3. The zero-order chi connectivity index (χ0) is 18.5. The molecular weight excluding hydrogens is 329 g/mol. The minimum absolute atomic E-state index is 0.206. The maximum absolute atomic E-state index is 13.1. The van der Waals surface area contributed by atoms with Crippen LogP contribution in [0.5, 0.6) is 0 Å². The van der Waals surface area contributed by atoms with E-state index in [0.29, 0.717) is 12.5 Å². The van der Waals surface area contributed by atoms with Crippen molar-refractivity contribution in [3.63, 3.8) is 0 Å². The van der Waals surface area contributed by atoms with Crippen molar-refractivity contribution in [3.05, 3.63) is 59.9 Å². The molecule has 0 saturated carbocycles. The summed E-state index contributed by atoms with van der Waals surface area (Å²) in [6.07, 6.45) is 0. The van der Waals surface area contributed by atoms with E-state index in [1.54, 1.807) is 0 Å². The average Bonchev–Trinajstić information content (AvgIpc) is 2.67. The zero-order valence-corrected chi connectivity index (χ0v) is 15.4. The lowest BCUT2D eigenvalue weighted by Crippen LogP contribution is -2.51. The number of anilines is 2. The number of benzene rings is 2. The molecule has 1 heterocycles. The number of halogens is 1. The third-order valence-corrected chi connectivity index (χ3v) is 4.65. The van der Waals surface area contributed by atoms with Gasteiger partial charge in [0.25, 0.3) is 0 Å². The molecule has 1 fully saturated rings. The molecule has 1 saturated heterocycles. The van der Waals surface area contributed by atoms with Gasteiger partial charge in [-0.25, -0.2) is 9.38 Å². The Kier molecular flexibility index (Phi) is 5.61. The summed E-state index contributed by atoms with van der Waals surface area (Å²) in [5, 5.41) is 0. The molecule has 1 aliphatic heterocycles. The highest BCUT2D eigenvalue weighted by Crippen LogP contribution is 2.17. The van der Waals surface area contributed by atoms with Gasteiger partial charge < -0.3 is 20.4 Å². The zero-order valence-electron chi connectivity index (χ0n) is 15.4. The van der Waals surface area contributed by atoms with Gasteiger partial charge in [-0.1, -0.05) is 12.1 Å². The molecule has 0 aliphatic carbocycles. The second kappa shape index (κ2) is 8.08. The van der Waals surface area contributed by atoms with Gasteiger partial charge in [-0.2, -0.15) is 0 Å². The molecule has 0 atom stereocenters. The second-order valence-corrected chi connectivity index (χ2v) is 6.69. The molecule has 5 nitrogen and oxygen atoms in total. The van der Waals surface area contributed by atoms with E-state index in [-0.39, 0.29) is 5.82 Å². The Morgan fingerprint density at radius 3 is 2.42 bits per heavy atom. The largest absolute Gasteiger partial charge is 0.378 e. The first-order valence-corrected chi connectivity index (χ1v) is 8.84. The summed E-state index contributed by atoms with van der Waals surface area (Å²) in [4.78, 5) is 11.0. The van der Waals surface area contributed by atoms with Gasteiger partial charge in [0, 0.05) is 51.6 Å². The van der Waals surface area contributed by atoms with Crippen LogP contribution >= 0.6 is 0 Å². The van der Waals surface area contributed by atoms with Crippen LogP contribution in [0.15, 0.2) is 53.5 Å². The Hall–Kier alpha value is -2.76. The molecule has 0 amide bonds. The quantitative estimate of drug-likeness (QED) is 0.676. The maximum atomic E-state index is 13.1. The van der Waals surface area contributed by atoms with Crippen molar-refractivity contribution in [2.75, 3.05) is 50.1 Å². The number of guanidine groups is 1. The van der Waals surface area contributed by atoms with Crippen molar-refractivity contribution < 1.29 is 4.39 Å². The van der Waals surface area contributed by atoms with Crippen molar-refractivity contribution in [3.8, 4) is 0 Å². The topological polar surface area (TPSA) is 48.1 Å². The number of nitrogens with two attached hydrogens (primary N) is 1. The second-order valence-electron chi connectivity index (χ2n) is 6.69. The van der Waals surface area contributed by atoms with Gasteiger partial charge in [0.05, 0.1) is 6.54 Å². The number of piperazine rings is 1. The van der Waals surface area contributed by atoms with Gasteiger partial charge >= 0.3 is 0 Å². The first-order chi connectivity index (χ1) is 12.5. The van der Waals surface area contributed by atoms with Crippen LogP contribution in [0.3, 0.4) is 0 Å². The highest BCUT2D eigenvalue weighted by atomic mass is 19.1. The highest BCUT2D eigenvalue weighted by molar-refractivity contribution is 5.78. The maximum Gasteiger partial charge on any atom is 0.191 e. The number of hydrogen-bond acceptors (Lipinski definition) is 3. The lowest BCUT2D eigenvalue weighted by Gasteiger charge is -2.36. The Labute approximate surface area is 154 Å². The molecule has 2 aromatic carbocycles. The van der Waals surface area contributed by atoms with Gasteiger partial charge in [0.2, 0.25) is 0 Å². The van der Waals surface area contributed by atoms with Crippen molar-refractivity contribution in [1.82, 2.24) is 4.90 Å². The van der Waals surface area contributed by atoms with E-state index < -0.39 is 0 Å². The Morgan fingerprint density at radius 1 is 1.08 bits per heavy atom. The van der Waals surface area contributed by atoms with Crippen LogP contribution < -0.4 is 15.5 Å². The first-order valence-electron chi connectivity index (χ1n) is 8.84. The molecule has 0 unspecified atom stereocenters. The molecule has 138 valence electrons. The number of nitrogens with zero attached hydrogens (tertiary/aromatic N) is 4. The fourth-order valence-electron chi connectivity index (χ4n) is 3.05. The summed E-state index contributed by atoms with van der Waals surface area (Å²) in [6, 6.07) is 14.9. The SMILES string of the molecule is CN(C)c1cccc(CN=C(N)N2CCN(c3ccc(F)cc3)CC2)c1. The van der Waals surface area contributed by atoms with E-state index in [9.17, 15) is 4.39 Å². The summed E-state index contributed by atoms with van der Waals surface area (Å²) in [7, 11) is 4.05. The van der Waals surface area contributed by atoms with E-state index in [4.69, 9.17) is 5.73 Å². The molecule has 3 rings (SSSR count). The van der Waals surface area contributed by atoms with Gasteiger partial charge in [0.15, 0.2) is 5.96 Å². The highest BCUT2D eigenvalue weighted by Gasteiger charge is 2.18. The molecule has 0 bridgehead atoms. The Morgan fingerprint density at radius 2 is 1.77 bits per heavy atom. The van der Waals surface area contributed by atoms with Crippen molar-refractivity contribution in [2.45, 2.75) is 6.54 Å². The first kappa shape index (κ1) is 18.0. The average molecular weight is 355 g/mol. The monoisotopic (exact) mass is 355 g/mol. The van der Waals surface area contributed by atoms with Crippen molar-refractivity contribution in [2.24, 2.45) is 10.7 Å². The summed E-state index contributed by atoms with van der Waals surface area (Å²) in [5.74, 6) is 0.376. The standard InChI is InChI=1S/C20H26FN5/c1-24(2)19-5-3-4-16(14-19)15-23-20(22)26-12-10-25(11-13-26)18-8-6-17(21)7-9-18/h3-9,14H,10-13,15H2,1-2H3,(H2,22,23). The van der Waals surface area contributed by atoms with Crippen LogP contribution in [-0.4, -0.2) is 51.1 Å². The molecule has 2 N–H and O–H groups in total. The summed E-state index contributed by atoms with van der Waals surface area (Å²) >= 11 is 0. The minimum Gasteiger partial charge on any atom is -0.378 e. The molecule has 0 aromatic heterocycles. The van der Waals surface area contributed by atoms with Gasteiger partial charge in [-0.3, -0.25) is 0 Å². The number of rotatable bonds is 4. The fourth-order valence-corrected chi connectivity index (χ4v) is 3.05. The van der Waals surface area contributed by atoms with Gasteiger partial charge in [-0.05, 0) is 42.0 Å². The summed E-state index contributed by atoms with van der Waals surface area (Å²) < 4.78 is 13.1. The van der Waals surface area contributed by atoms with Crippen LogP contribution in [0.25, 0.3) is 0 Å². The Balaban J connectivity index is 1.56. The third-order valence-electron chi connectivity index (χ3n) is 4.65. The molecule has 0 spiro atoms. The smallest absolute Gasteiger partial charge is 0.191 e. The predicted octanol–water partition coefficient (Wildman–Crippen LogP) is 2.53. The van der Waals surface area contributed by atoms with Crippen molar-refractivity contribution in [1.29, 1.82) is 0 Å². The van der Waals surface area contributed by atoms with E-state index in [1.165, 1.54) is 12.1 Å². The van der Waals surface area contributed by atoms with Crippen LogP contribution in [0.4, 0.5) is 15.8 Å². The molecular formula is C20H26FN5. The van der Waals surface area contributed by atoms with E-state index in [1.807, 2.05) is 32.3 Å². The van der Waals surface area contributed by atoms with Crippen LogP contribution in [0.1, 0.15) is 5.56 Å². The van der Waals surface area contributed by atoms with Gasteiger partial charge in [-0.15, -0.1) is 0 Å². The molecule has 1 aliphatic rings. The van der Waals surface area contributed by atoms with Crippen molar-refractivity contribution >= 4 is 17.3 Å². The minimum atomic E-state index is -0.206. The fraction of sp³-hybridized carbons (Fsp3) is 0.350. The van der Waals surface area contributed by atoms with E-state index in [0.717, 1.165) is 43.1 Å². The molecule has 26 heavy (non-hydrogen) atoms. The number of hydrogen-bond donors (Lipinski definition) is 1. The van der Waals surface area contributed by atoms with Crippen LogP contribution in [-0.2, 0) is 6.54 Å². The molecule has 0 radical (unpaired) electrons. The summed E-state index contributed by atoms with van der Waals surface area (Å²) in [6.45, 7) is 3.89. The lowest BCUT2D eigenvalue weighted by atomic mass is 10.2. The Bertz CT molecular complexity index is 749. The van der Waals surface area contributed by atoms with Gasteiger partial charge in [0.1, 0.15) is 5.82 Å². The molecule has 2 aromatic rings. The van der Waals surface area contributed by atoms with Crippen LogP contribution in [0, 0.1) is 5.82 Å². The lowest BCUT2D eigenvalue weighted by molar-refractivity contribution is 0.380. The predicted molar refractivity (Wildman–Crippen MR) is 106 cm³/mol. The molecule has 6 heteroatoms. The number of aliphatic imine (C=N–C) groups is 1. The van der Waals surface area contributed by atoms with Crippen LogP contribution in [0.2, 0.25) is 0 Å². The van der Waals surface area contributed by atoms with E-state index in [2.05, 4.69) is 37.9 Å². The third kappa shape index (κ3) is 4.45. The van der Waals surface area contributed by atoms with E-state index >= 15 is 0 Å². The summed E-state index contributed by atoms with van der Waals surface area (Å²) in [5.41, 5.74) is 9.54.